The Morgan fingerprint density at radius 2 is 2.03 bits per heavy atom. The third kappa shape index (κ3) is 4.23. The largest absolute Gasteiger partial charge is 1.00 e. The molecule has 32 heavy (non-hydrogen) atoms. The molecule has 2 fully saturated rings. The Balaban J connectivity index is 0.00000245. The maximum Gasteiger partial charge on any atom is 1.00 e. The van der Waals surface area contributed by atoms with Crippen molar-refractivity contribution < 1.29 is 63.0 Å². The van der Waals surface area contributed by atoms with Gasteiger partial charge in [0, 0.05) is 4.90 Å². The van der Waals surface area contributed by atoms with Gasteiger partial charge >= 0.3 is 29.6 Å². The number of phenolic OH excluding ortho intramolecular Hbond substituents is 1. The number of ether oxygens (including phenoxy) is 1. The molecule has 5 rings (SSSR count). The van der Waals surface area contributed by atoms with Gasteiger partial charge in [-0.25, -0.2) is 4.98 Å². The van der Waals surface area contributed by atoms with Crippen LogP contribution in [0.25, 0.3) is 11.2 Å². The topological polar surface area (TPSA) is 198 Å². The van der Waals surface area contributed by atoms with Crippen LogP contribution in [-0.2, 0) is 18.3 Å². The van der Waals surface area contributed by atoms with Gasteiger partial charge in [0.1, 0.15) is 24.1 Å². The number of anilines is 1. The molecular formula is C16H15N5NaO8PS. The van der Waals surface area contributed by atoms with E-state index in [4.69, 9.17) is 15.0 Å². The molecule has 2 aromatic heterocycles. The van der Waals surface area contributed by atoms with Crippen LogP contribution >= 0.6 is 19.6 Å². The van der Waals surface area contributed by atoms with Crippen molar-refractivity contribution in [1.82, 2.24) is 19.5 Å². The van der Waals surface area contributed by atoms with Crippen molar-refractivity contribution in [2.45, 2.75) is 34.6 Å². The molecule has 13 nitrogen and oxygen atoms in total. The van der Waals surface area contributed by atoms with E-state index in [1.54, 1.807) is 12.1 Å². The van der Waals surface area contributed by atoms with Crippen LogP contribution in [0.5, 0.6) is 5.75 Å². The fourth-order valence-corrected chi connectivity index (χ4v) is 5.30. The first-order valence-corrected chi connectivity index (χ1v) is 11.2. The maximum atomic E-state index is 12.4. The van der Waals surface area contributed by atoms with E-state index in [0.29, 0.717) is 4.90 Å². The van der Waals surface area contributed by atoms with Gasteiger partial charge in [0.15, 0.2) is 22.5 Å². The minimum atomic E-state index is -4.57. The van der Waals surface area contributed by atoms with E-state index < -0.39 is 37.9 Å². The quantitative estimate of drug-likeness (QED) is 0.211. The van der Waals surface area contributed by atoms with E-state index >= 15 is 0 Å². The molecule has 4 heterocycles. The fraction of sp³-hybridized carbons (Fsp3) is 0.312. The molecule has 2 aliphatic rings. The third-order valence-corrected chi connectivity index (χ3v) is 6.74. The van der Waals surface area contributed by atoms with Crippen molar-refractivity contribution in [3.05, 3.63) is 34.6 Å². The second kappa shape index (κ2) is 8.72. The zero-order valence-corrected chi connectivity index (χ0v) is 20.2. The van der Waals surface area contributed by atoms with Crippen LogP contribution in [0.15, 0.2) is 39.1 Å². The Morgan fingerprint density at radius 1 is 1.31 bits per heavy atom. The standard InChI is InChI=1S/C16H16N5O8PS.Na/c17-15-19-12-9(13(24)20-15)18-16(31-7-3-1-6(22)2-4-7)21(12)14-10(23)11-8(28-14)5-27-30(25,26)29-11;/h1-4,8,10-11,14,22-23H,5H2,(H,25,26)(H3,17,19,20,24);/q;+1/p-1/t8-,10-,11-,14-;/m1./s1. The molecule has 3 aromatic rings. The summed E-state index contributed by atoms with van der Waals surface area (Å²) in [5, 5.41) is 20.5. The van der Waals surface area contributed by atoms with Crippen LogP contribution in [0.1, 0.15) is 6.23 Å². The Kier molecular flexibility index (Phi) is 6.46. The van der Waals surface area contributed by atoms with E-state index in [-0.39, 0.29) is 64.2 Å². The van der Waals surface area contributed by atoms with Crippen molar-refractivity contribution in [2.75, 3.05) is 12.3 Å². The van der Waals surface area contributed by atoms with Gasteiger partial charge < -0.3 is 34.6 Å². The van der Waals surface area contributed by atoms with E-state index in [9.17, 15) is 24.5 Å². The number of phosphoric acid groups is 1. The molecule has 0 saturated carbocycles. The number of H-pyrrole nitrogens is 1. The Morgan fingerprint density at radius 3 is 2.75 bits per heavy atom. The molecule has 0 bridgehead atoms. The molecule has 2 saturated heterocycles. The van der Waals surface area contributed by atoms with Crippen molar-refractivity contribution in [3.63, 3.8) is 0 Å². The number of phenols is 1. The number of nitrogens with zero attached hydrogens (tertiary/aromatic N) is 3. The molecule has 164 valence electrons. The number of hydrogen-bond acceptors (Lipinski definition) is 12. The van der Waals surface area contributed by atoms with Crippen molar-refractivity contribution in [3.8, 4) is 5.75 Å². The van der Waals surface area contributed by atoms with Gasteiger partial charge in [0.05, 0.1) is 6.61 Å². The number of aromatic amines is 1. The summed E-state index contributed by atoms with van der Waals surface area (Å²) >= 11 is 1.11. The molecule has 5 atom stereocenters. The monoisotopic (exact) mass is 491 g/mol. The molecule has 16 heteroatoms. The van der Waals surface area contributed by atoms with Gasteiger partial charge in [-0.05, 0) is 24.3 Å². The number of hydrogen-bond donors (Lipinski definition) is 4. The number of nitrogen functional groups attached to an aromatic ring is 1. The van der Waals surface area contributed by atoms with Crippen LogP contribution < -0.4 is 45.7 Å². The number of aliphatic hydroxyl groups is 1. The Bertz CT molecular complexity index is 1270. The number of aromatic nitrogens is 4. The van der Waals surface area contributed by atoms with Gasteiger partial charge in [-0.1, -0.05) is 11.8 Å². The Labute approximate surface area is 205 Å². The second-order valence-electron chi connectivity index (χ2n) is 6.85. The van der Waals surface area contributed by atoms with Crippen LogP contribution in [-0.4, -0.2) is 54.7 Å². The van der Waals surface area contributed by atoms with Crippen molar-refractivity contribution in [2.24, 2.45) is 0 Å². The van der Waals surface area contributed by atoms with Crippen molar-refractivity contribution >= 4 is 36.7 Å². The van der Waals surface area contributed by atoms with Crippen LogP contribution in [0.3, 0.4) is 0 Å². The van der Waals surface area contributed by atoms with E-state index in [2.05, 4.69) is 19.5 Å². The molecular weight excluding hydrogens is 476 g/mol. The zero-order chi connectivity index (χ0) is 21.9. The molecule has 0 radical (unpaired) electrons. The Hall–Kier alpha value is -1.45. The average Bonchev–Trinajstić information content (AvgIpc) is 3.20. The second-order valence-corrected chi connectivity index (χ2v) is 9.26. The smallest absolute Gasteiger partial charge is 0.756 e. The summed E-state index contributed by atoms with van der Waals surface area (Å²) in [7, 11) is -4.57. The number of aliphatic hydroxyl groups excluding tert-OH is 1. The van der Waals surface area contributed by atoms with Gasteiger partial charge in [-0.15, -0.1) is 0 Å². The van der Waals surface area contributed by atoms with Gasteiger partial charge in [-0.3, -0.25) is 18.9 Å². The summed E-state index contributed by atoms with van der Waals surface area (Å²) in [5.74, 6) is -0.102. The number of rotatable bonds is 3. The minimum absolute atomic E-state index is 0. The van der Waals surface area contributed by atoms with Gasteiger partial charge in [0.25, 0.3) is 13.4 Å². The predicted octanol–water partition coefficient (Wildman–Crippen LogP) is -3.30. The number of aromatic hydroxyl groups is 1. The van der Waals surface area contributed by atoms with Crippen LogP contribution in [0.4, 0.5) is 5.95 Å². The first-order chi connectivity index (χ1) is 14.7. The minimum Gasteiger partial charge on any atom is -0.756 e. The summed E-state index contributed by atoms with van der Waals surface area (Å²) in [4.78, 5) is 35.5. The van der Waals surface area contributed by atoms with Crippen molar-refractivity contribution in [1.29, 1.82) is 0 Å². The SMILES string of the molecule is Nc1nc2c(nc(Sc3ccc(O)cc3)n2[C@@H]2O[C@@H]3COP(=O)([O-])O[C@H]3[C@H]2O)c(=O)[nH]1.[Na+]. The predicted molar refractivity (Wildman–Crippen MR) is 103 cm³/mol. The molecule has 1 aromatic carbocycles. The van der Waals surface area contributed by atoms with E-state index in [1.807, 2.05) is 0 Å². The summed E-state index contributed by atoms with van der Waals surface area (Å²) in [6, 6.07) is 6.22. The molecule has 2 aliphatic heterocycles. The number of nitrogens with two attached hydrogens (primary N) is 1. The number of nitrogens with one attached hydrogen (secondary N) is 1. The molecule has 0 aliphatic carbocycles. The number of fused-ring (bicyclic) bond motifs is 2. The molecule has 0 spiro atoms. The van der Waals surface area contributed by atoms with Gasteiger partial charge in [0.2, 0.25) is 5.95 Å². The van der Waals surface area contributed by atoms with Crippen LogP contribution in [0.2, 0.25) is 0 Å². The first-order valence-electron chi connectivity index (χ1n) is 8.94. The zero-order valence-electron chi connectivity index (χ0n) is 16.4. The van der Waals surface area contributed by atoms with Gasteiger partial charge in [-0.2, -0.15) is 4.98 Å². The maximum absolute atomic E-state index is 12.4. The summed E-state index contributed by atoms with van der Waals surface area (Å²) in [6.45, 7) is -0.331. The van der Waals surface area contributed by atoms with Crippen LogP contribution in [0, 0.1) is 0 Å². The average molecular weight is 491 g/mol. The number of benzene rings is 1. The first kappa shape index (κ1) is 23.7. The normalized spacial score (nSPS) is 29.6. The summed E-state index contributed by atoms with van der Waals surface area (Å²) in [6.07, 6.45) is -4.70. The molecule has 1 unspecified atom stereocenters. The summed E-state index contributed by atoms with van der Waals surface area (Å²) < 4.78 is 28.4. The van der Waals surface area contributed by atoms with E-state index in [1.165, 1.54) is 16.7 Å². The fourth-order valence-electron chi connectivity index (χ4n) is 3.44. The van der Waals surface area contributed by atoms with E-state index in [0.717, 1.165) is 11.8 Å². The number of imidazole rings is 1. The summed E-state index contributed by atoms with van der Waals surface area (Å²) in [5.41, 5.74) is 5.08. The third-order valence-electron chi connectivity index (χ3n) is 4.79. The molecule has 0 amide bonds. The molecule has 5 N–H and O–H groups in total. The number of phosphoric ester groups is 1.